The van der Waals surface area contributed by atoms with E-state index in [9.17, 15) is 31.2 Å². The van der Waals surface area contributed by atoms with Gasteiger partial charge in [-0.15, -0.1) is 6.58 Å². The number of sulfonamides is 1. The van der Waals surface area contributed by atoms with Crippen molar-refractivity contribution < 1.29 is 35.9 Å². The molecule has 0 saturated carbocycles. The maximum atomic E-state index is 13.3. The van der Waals surface area contributed by atoms with Gasteiger partial charge in [-0.3, -0.25) is 9.10 Å². The quantitative estimate of drug-likeness (QED) is 0.238. The Morgan fingerprint density at radius 3 is 2.29 bits per heavy atom. The van der Waals surface area contributed by atoms with Gasteiger partial charge in [-0.1, -0.05) is 41.4 Å². The molecule has 38 heavy (non-hydrogen) atoms. The van der Waals surface area contributed by atoms with E-state index in [4.69, 9.17) is 27.9 Å². The summed E-state index contributed by atoms with van der Waals surface area (Å²) in [5.41, 5.74) is -1.21. The van der Waals surface area contributed by atoms with E-state index in [0.717, 1.165) is 22.5 Å². The Balaban J connectivity index is 1.79. The van der Waals surface area contributed by atoms with Crippen molar-refractivity contribution in [3.05, 3.63) is 101 Å². The molecule has 1 amide bonds. The Kier molecular flexibility index (Phi) is 9.08. The zero-order valence-electron chi connectivity index (χ0n) is 19.3. The van der Waals surface area contributed by atoms with Gasteiger partial charge in [0.05, 0.1) is 28.3 Å². The molecule has 3 aromatic carbocycles. The number of esters is 1. The van der Waals surface area contributed by atoms with E-state index in [1.807, 2.05) is 0 Å². The second kappa shape index (κ2) is 11.9. The normalized spacial score (nSPS) is 11.5. The lowest BCUT2D eigenvalue weighted by atomic mass is 10.2. The number of benzene rings is 3. The molecular formula is C25H19Cl2F3N2O5S. The number of carbonyl (C=O) groups excluding carboxylic acids is 2. The molecule has 0 aromatic heterocycles. The van der Waals surface area contributed by atoms with E-state index in [1.165, 1.54) is 48.5 Å². The number of alkyl halides is 3. The largest absolute Gasteiger partial charge is 0.452 e. The summed E-state index contributed by atoms with van der Waals surface area (Å²) < 4.78 is 71.9. The topological polar surface area (TPSA) is 92.8 Å². The molecule has 200 valence electrons. The fourth-order valence-corrected chi connectivity index (χ4v) is 5.24. The summed E-state index contributed by atoms with van der Waals surface area (Å²) >= 11 is 11.7. The van der Waals surface area contributed by atoms with Crippen LogP contribution in [0.25, 0.3) is 0 Å². The molecule has 3 rings (SSSR count). The summed E-state index contributed by atoms with van der Waals surface area (Å²) in [6.07, 6.45) is -3.48. The Morgan fingerprint density at radius 2 is 1.66 bits per heavy atom. The number of halogens is 5. The number of nitrogens with one attached hydrogen (secondary N) is 1. The van der Waals surface area contributed by atoms with Gasteiger partial charge >= 0.3 is 12.1 Å². The van der Waals surface area contributed by atoms with E-state index < -0.39 is 40.2 Å². The number of anilines is 2. The van der Waals surface area contributed by atoms with Gasteiger partial charge in [0.1, 0.15) is 0 Å². The van der Waals surface area contributed by atoms with E-state index in [0.29, 0.717) is 6.07 Å². The molecule has 0 spiro atoms. The van der Waals surface area contributed by atoms with Crippen LogP contribution >= 0.6 is 23.2 Å². The van der Waals surface area contributed by atoms with Gasteiger partial charge in [-0.05, 0) is 54.6 Å². The van der Waals surface area contributed by atoms with Crippen LogP contribution in [0, 0.1) is 0 Å². The summed E-state index contributed by atoms with van der Waals surface area (Å²) in [5, 5.41) is 3.00. The molecule has 1 N–H and O–H groups in total. The van der Waals surface area contributed by atoms with Gasteiger partial charge in [0.2, 0.25) is 0 Å². The minimum Gasteiger partial charge on any atom is -0.452 e. The van der Waals surface area contributed by atoms with Crippen LogP contribution < -0.4 is 9.62 Å². The highest BCUT2D eigenvalue weighted by Crippen LogP contribution is 2.33. The first kappa shape index (κ1) is 29.0. The maximum absolute atomic E-state index is 13.3. The Morgan fingerprint density at radius 1 is 1.00 bits per heavy atom. The zero-order chi connectivity index (χ0) is 28.1. The average Bonchev–Trinajstić information content (AvgIpc) is 2.84. The van der Waals surface area contributed by atoms with Gasteiger partial charge < -0.3 is 10.1 Å². The smallest absolute Gasteiger partial charge is 0.416 e. The third-order valence-corrected chi connectivity index (χ3v) is 7.12. The lowest BCUT2D eigenvalue weighted by molar-refractivity contribution is -0.137. The minimum atomic E-state index is -4.69. The SMILES string of the molecule is C=CCN(c1cccc(C(F)(F)F)c1)S(=O)(=O)c1cccc(C(=O)OCC(=O)Nc2cc(Cl)cc(Cl)c2)c1. The standard InChI is InChI=1S/C25H19Cl2F3N2O5S/c1-2-9-32(21-7-4-6-17(11-21)25(28,29)30)38(35,36)22-8-3-5-16(10-22)24(34)37-15-23(33)31-20-13-18(26)12-19(27)14-20/h2-8,10-14H,1,9,15H2,(H,31,33). The number of hydrogen-bond acceptors (Lipinski definition) is 5. The fraction of sp³-hybridized carbons (Fsp3) is 0.120. The first-order valence-electron chi connectivity index (χ1n) is 10.7. The molecule has 7 nitrogen and oxygen atoms in total. The van der Waals surface area contributed by atoms with Crippen LogP contribution in [0.4, 0.5) is 24.5 Å². The monoisotopic (exact) mass is 586 g/mol. The Labute approximate surface area is 226 Å². The molecule has 0 aliphatic rings. The summed E-state index contributed by atoms with van der Waals surface area (Å²) in [7, 11) is -4.43. The van der Waals surface area contributed by atoms with Crippen molar-refractivity contribution in [2.45, 2.75) is 11.1 Å². The van der Waals surface area contributed by atoms with Crippen LogP contribution in [0.1, 0.15) is 15.9 Å². The number of ether oxygens (including phenoxy) is 1. The van der Waals surface area contributed by atoms with Crippen LogP contribution in [0.2, 0.25) is 10.0 Å². The van der Waals surface area contributed by atoms with Gasteiger partial charge in [-0.2, -0.15) is 13.2 Å². The Bertz CT molecular complexity index is 1460. The molecule has 3 aromatic rings. The van der Waals surface area contributed by atoms with Crippen molar-refractivity contribution >= 4 is 56.5 Å². The second-order valence-electron chi connectivity index (χ2n) is 7.68. The summed E-state index contributed by atoms with van der Waals surface area (Å²) in [4.78, 5) is 24.3. The lowest BCUT2D eigenvalue weighted by Crippen LogP contribution is -2.31. The predicted octanol–water partition coefficient (Wildman–Crippen LogP) is 6.19. The zero-order valence-corrected chi connectivity index (χ0v) is 21.7. The summed E-state index contributed by atoms with van der Waals surface area (Å²) in [6, 6.07) is 12.8. The van der Waals surface area contributed by atoms with E-state index in [2.05, 4.69) is 11.9 Å². The molecule has 0 aliphatic heterocycles. The van der Waals surface area contributed by atoms with Gasteiger partial charge in [0.25, 0.3) is 15.9 Å². The molecule has 0 saturated heterocycles. The van der Waals surface area contributed by atoms with Crippen molar-refractivity contribution in [2.24, 2.45) is 0 Å². The van der Waals surface area contributed by atoms with E-state index in [1.54, 1.807) is 0 Å². The highest BCUT2D eigenvalue weighted by atomic mass is 35.5. The number of nitrogens with zero attached hydrogens (tertiary/aromatic N) is 1. The average molecular weight is 587 g/mol. The van der Waals surface area contributed by atoms with Gasteiger partial charge in [0, 0.05) is 15.7 Å². The molecule has 0 bridgehead atoms. The van der Waals surface area contributed by atoms with Crippen LogP contribution in [0.5, 0.6) is 0 Å². The fourth-order valence-electron chi connectivity index (χ4n) is 3.25. The van der Waals surface area contributed by atoms with E-state index >= 15 is 0 Å². The number of hydrogen-bond donors (Lipinski definition) is 1. The first-order valence-corrected chi connectivity index (χ1v) is 12.8. The number of rotatable bonds is 9. The molecule has 13 heteroatoms. The number of amides is 1. The highest BCUT2D eigenvalue weighted by molar-refractivity contribution is 7.92. The van der Waals surface area contributed by atoms with Crippen LogP contribution in [-0.2, 0) is 25.7 Å². The lowest BCUT2D eigenvalue weighted by Gasteiger charge is -2.24. The molecule has 0 atom stereocenters. The Hall–Kier alpha value is -3.54. The predicted molar refractivity (Wildman–Crippen MR) is 138 cm³/mol. The summed E-state index contributed by atoms with van der Waals surface area (Å²) in [6.45, 7) is 2.43. The van der Waals surface area contributed by atoms with Crippen molar-refractivity contribution in [2.75, 3.05) is 22.8 Å². The van der Waals surface area contributed by atoms with Crippen LogP contribution in [-0.4, -0.2) is 33.4 Å². The molecule has 0 aliphatic carbocycles. The second-order valence-corrected chi connectivity index (χ2v) is 10.4. The van der Waals surface area contributed by atoms with Gasteiger partial charge in [-0.25, -0.2) is 13.2 Å². The minimum absolute atomic E-state index is 0.202. The van der Waals surface area contributed by atoms with Crippen molar-refractivity contribution in [1.29, 1.82) is 0 Å². The van der Waals surface area contributed by atoms with Gasteiger partial charge in [0.15, 0.2) is 6.61 Å². The molecule has 0 unspecified atom stereocenters. The number of carbonyl (C=O) groups is 2. The van der Waals surface area contributed by atoms with E-state index in [-0.39, 0.29) is 38.4 Å². The summed E-state index contributed by atoms with van der Waals surface area (Å²) in [5.74, 6) is -1.71. The maximum Gasteiger partial charge on any atom is 0.416 e. The highest BCUT2D eigenvalue weighted by Gasteiger charge is 2.32. The van der Waals surface area contributed by atoms with Crippen molar-refractivity contribution in [3.63, 3.8) is 0 Å². The van der Waals surface area contributed by atoms with Crippen LogP contribution in [0.15, 0.2) is 84.3 Å². The molecule has 0 radical (unpaired) electrons. The first-order chi connectivity index (χ1) is 17.8. The molecule has 0 heterocycles. The molecular weight excluding hydrogens is 568 g/mol. The van der Waals surface area contributed by atoms with Crippen molar-refractivity contribution in [1.82, 2.24) is 0 Å². The third-order valence-electron chi connectivity index (χ3n) is 4.89. The molecule has 0 fully saturated rings. The van der Waals surface area contributed by atoms with Crippen LogP contribution in [0.3, 0.4) is 0 Å². The van der Waals surface area contributed by atoms with Crippen molar-refractivity contribution in [3.8, 4) is 0 Å². The third kappa shape index (κ3) is 7.27.